The summed E-state index contributed by atoms with van der Waals surface area (Å²) in [5, 5.41) is 14.7. The van der Waals surface area contributed by atoms with Crippen LogP contribution in [0.1, 0.15) is 16.7 Å². The van der Waals surface area contributed by atoms with Gasteiger partial charge in [-0.25, -0.2) is 0 Å². The van der Waals surface area contributed by atoms with Gasteiger partial charge in [-0.1, -0.05) is 84.9 Å². The van der Waals surface area contributed by atoms with E-state index in [0.717, 1.165) is 33.5 Å². The molecule has 0 unspecified atom stereocenters. The Balaban J connectivity index is 1.46. The molecule has 0 bridgehead atoms. The van der Waals surface area contributed by atoms with Crippen LogP contribution in [0.5, 0.6) is 0 Å². The zero-order valence-corrected chi connectivity index (χ0v) is 23.5. The molecule has 2 heterocycles. The molecule has 3 heteroatoms. The molecule has 0 saturated carbocycles. The molecular formula is C39H27N3. The smallest absolute Gasteiger partial charge is 0.0995 e. The fourth-order valence-electron chi connectivity index (χ4n) is 6.79. The summed E-state index contributed by atoms with van der Waals surface area (Å²) in [4.78, 5) is 0. The minimum absolute atomic E-state index is 0.705. The number of aromatic nitrogens is 2. The Hall–Kier alpha value is -5.59. The lowest BCUT2D eigenvalue weighted by atomic mass is 9.98. The molecule has 6 aromatic carbocycles. The average molecular weight is 538 g/mol. The number of nitrogens with zero attached hydrogens (tertiary/aromatic N) is 3. The highest BCUT2D eigenvalue weighted by Gasteiger charge is 2.20. The quantitative estimate of drug-likeness (QED) is 0.221. The first-order valence-corrected chi connectivity index (χ1v) is 14.3. The van der Waals surface area contributed by atoms with Crippen LogP contribution in [0.4, 0.5) is 0 Å². The predicted molar refractivity (Wildman–Crippen MR) is 175 cm³/mol. The SMILES string of the molecule is Cc1ccc(C#N)c(C)c1-n1c2ccccc2c2c(-c3ccc4c5ccccc5n(-c5ccccc5)c4c3)cccc21. The summed E-state index contributed by atoms with van der Waals surface area (Å²) in [5.74, 6) is 0. The summed E-state index contributed by atoms with van der Waals surface area (Å²) in [6.45, 7) is 4.19. The van der Waals surface area contributed by atoms with Crippen molar-refractivity contribution in [3.8, 4) is 28.6 Å². The van der Waals surface area contributed by atoms with E-state index in [1.807, 2.05) is 6.07 Å². The monoisotopic (exact) mass is 537 g/mol. The van der Waals surface area contributed by atoms with Crippen molar-refractivity contribution in [1.29, 1.82) is 5.26 Å². The van der Waals surface area contributed by atoms with E-state index in [2.05, 4.69) is 150 Å². The third-order valence-corrected chi connectivity index (χ3v) is 8.67. The number of hydrogen-bond donors (Lipinski definition) is 0. The van der Waals surface area contributed by atoms with Crippen LogP contribution >= 0.6 is 0 Å². The number of benzene rings is 6. The lowest BCUT2D eigenvalue weighted by Gasteiger charge is -2.15. The highest BCUT2D eigenvalue weighted by molar-refractivity contribution is 6.17. The topological polar surface area (TPSA) is 33.6 Å². The third kappa shape index (κ3) is 3.39. The first-order chi connectivity index (χ1) is 20.7. The van der Waals surface area contributed by atoms with E-state index < -0.39 is 0 Å². The van der Waals surface area contributed by atoms with E-state index in [1.54, 1.807) is 0 Å². The Morgan fingerprint density at radius 3 is 2.00 bits per heavy atom. The van der Waals surface area contributed by atoms with Gasteiger partial charge in [0.2, 0.25) is 0 Å². The van der Waals surface area contributed by atoms with Crippen LogP contribution in [-0.2, 0) is 0 Å². The normalized spacial score (nSPS) is 11.5. The molecular weight excluding hydrogens is 510 g/mol. The molecule has 0 spiro atoms. The lowest BCUT2D eigenvalue weighted by Crippen LogP contribution is -2.02. The van der Waals surface area contributed by atoms with E-state index >= 15 is 0 Å². The van der Waals surface area contributed by atoms with E-state index in [-0.39, 0.29) is 0 Å². The van der Waals surface area contributed by atoms with Crippen LogP contribution in [0, 0.1) is 25.2 Å². The number of aryl methyl sites for hydroxylation is 1. The van der Waals surface area contributed by atoms with Gasteiger partial charge in [-0.3, -0.25) is 0 Å². The predicted octanol–water partition coefficient (Wildman–Crippen LogP) is 10.0. The van der Waals surface area contributed by atoms with E-state index in [1.165, 1.54) is 43.7 Å². The van der Waals surface area contributed by atoms with Gasteiger partial charge in [0, 0.05) is 27.2 Å². The first kappa shape index (κ1) is 24.2. The second-order valence-electron chi connectivity index (χ2n) is 11.0. The Labute approximate surface area is 244 Å². The van der Waals surface area contributed by atoms with Gasteiger partial charge in [0.05, 0.1) is 39.4 Å². The van der Waals surface area contributed by atoms with Crippen LogP contribution in [-0.4, -0.2) is 9.13 Å². The summed E-state index contributed by atoms with van der Waals surface area (Å²) in [6, 6.07) is 47.7. The Kier molecular flexibility index (Phi) is 5.32. The highest BCUT2D eigenvalue weighted by atomic mass is 15.0. The number of para-hydroxylation sites is 3. The molecule has 8 aromatic rings. The van der Waals surface area contributed by atoms with Gasteiger partial charge < -0.3 is 9.13 Å². The summed E-state index contributed by atoms with van der Waals surface area (Å²) >= 11 is 0. The molecule has 3 nitrogen and oxygen atoms in total. The standard InChI is InChI=1S/C39H27N3/c1-25-19-20-28(24-40)26(2)39(25)42-35-17-9-7-14-33(35)38-30(15-10-18-36(38)42)27-21-22-32-31-13-6-8-16-34(31)41(37(32)23-27)29-11-4-3-5-12-29/h3-23H,1-2H3. The molecule has 0 saturated heterocycles. The van der Waals surface area contributed by atoms with Crippen molar-refractivity contribution in [2.75, 3.05) is 0 Å². The van der Waals surface area contributed by atoms with Crippen LogP contribution in [0.15, 0.2) is 127 Å². The molecule has 0 N–H and O–H groups in total. The van der Waals surface area contributed by atoms with Crippen molar-refractivity contribution in [1.82, 2.24) is 9.13 Å². The highest BCUT2D eigenvalue weighted by Crippen LogP contribution is 2.41. The van der Waals surface area contributed by atoms with E-state index in [9.17, 15) is 5.26 Å². The summed E-state index contributed by atoms with van der Waals surface area (Å²) < 4.78 is 4.72. The van der Waals surface area contributed by atoms with Gasteiger partial charge in [0.1, 0.15) is 0 Å². The summed E-state index contributed by atoms with van der Waals surface area (Å²) in [7, 11) is 0. The third-order valence-electron chi connectivity index (χ3n) is 8.67. The Morgan fingerprint density at radius 1 is 0.548 bits per heavy atom. The average Bonchev–Trinajstić information content (AvgIpc) is 3.54. The van der Waals surface area contributed by atoms with Gasteiger partial charge >= 0.3 is 0 Å². The van der Waals surface area contributed by atoms with Crippen LogP contribution in [0.25, 0.3) is 66.1 Å². The molecule has 0 fully saturated rings. The van der Waals surface area contributed by atoms with E-state index in [0.29, 0.717) is 5.56 Å². The van der Waals surface area contributed by atoms with Gasteiger partial charge in [0.15, 0.2) is 0 Å². The van der Waals surface area contributed by atoms with Gasteiger partial charge in [-0.15, -0.1) is 0 Å². The maximum absolute atomic E-state index is 9.83. The Morgan fingerprint density at radius 2 is 1.21 bits per heavy atom. The van der Waals surface area contributed by atoms with Crippen molar-refractivity contribution in [3.05, 3.63) is 144 Å². The minimum atomic E-state index is 0.705. The van der Waals surface area contributed by atoms with Crippen molar-refractivity contribution in [2.24, 2.45) is 0 Å². The molecule has 0 amide bonds. The molecule has 0 aliphatic carbocycles. The fourth-order valence-corrected chi connectivity index (χ4v) is 6.79. The van der Waals surface area contributed by atoms with Gasteiger partial charge in [-0.2, -0.15) is 5.26 Å². The molecule has 0 radical (unpaired) electrons. The van der Waals surface area contributed by atoms with Gasteiger partial charge in [0.25, 0.3) is 0 Å². The maximum atomic E-state index is 9.83. The van der Waals surface area contributed by atoms with Crippen molar-refractivity contribution < 1.29 is 0 Å². The molecule has 42 heavy (non-hydrogen) atoms. The number of nitriles is 1. The molecule has 0 aliphatic heterocycles. The maximum Gasteiger partial charge on any atom is 0.0995 e. The zero-order chi connectivity index (χ0) is 28.4. The fraction of sp³-hybridized carbons (Fsp3) is 0.0513. The zero-order valence-electron chi connectivity index (χ0n) is 23.5. The molecule has 8 rings (SSSR count). The molecule has 0 aliphatic rings. The second-order valence-corrected chi connectivity index (χ2v) is 11.0. The Bertz CT molecular complexity index is 2380. The van der Waals surface area contributed by atoms with E-state index in [4.69, 9.17) is 0 Å². The van der Waals surface area contributed by atoms with Crippen molar-refractivity contribution >= 4 is 43.6 Å². The number of hydrogen-bond acceptors (Lipinski definition) is 1. The molecule has 2 aromatic heterocycles. The second kappa shape index (κ2) is 9.23. The molecule has 198 valence electrons. The number of rotatable bonds is 3. The van der Waals surface area contributed by atoms with Gasteiger partial charge in [-0.05, 0) is 78.6 Å². The van der Waals surface area contributed by atoms with Crippen LogP contribution < -0.4 is 0 Å². The van der Waals surface area contributed by atoms with Crippen molar-refractivity contribution in [2.45, 2.75) is 13.8 Å². The lowest BCUT2D eigenvalue weighted by molar-refractivity contribution is 1.11. The first-order valence-electron chi connectivity index (χ1n) is 14.3. The largest absolute Gasteiger partial charge is 0.309 e. The minimum Gasteiger partial charge on any atom is -0.309 e. The van der Waals surface area contributed by atoms with Crippen molar-refractivity contribution in [3.63, 3.8) is 0 Å². The number of fused-ring (bicyclic) bond motifs is 6. The summed E-state index contributed by atoms with van der Waals surface area (Å²) in [5.41, 5.74) is 12.1. The van der Waals surface area contributed by atoms with Crippen LogP contribution in [0.3, 0.4) is 0 Å². The molecule has 0 atom stereocenters. The summed E-state index contributed by atoms with van der Waals surface area (Å²) in [6.07, 6.45) is 0. The van der Waals surface area contributed by atoms with Crippen LogP contribution in [0.2, 0.25) is 0 Å².